The first-order valence-corrected chi connectivity index (χ1v) is 11.8. The number of benzene rings is 1. The lowest BCUT2D eigenvalue weighted by Gasteiger charge is -2.21. The van der Waals surface area contributed by atoms with Crippen LogP contribution in [0.1, 0.15) is 12.0 Å². The summed E-state index contributed by atoms with van der Waals surface area (Å²) in [4.78, 5) is 31.1. The Hall–Kier alpha value is -4.03. The fourth-order valence-corrected chi connectivity index (χ4v) is 4.71. The van der Waals surface area contributed by atoms with Gasteiger partial charge in [0.05, 0.1) is 5.69 Å². The van der Waals surface area contributed by atoms with Gasteiger partial charge in [-0.05, 0) is 29.8 Å². The number of aliphatic hydroxyl groups is 1. The first-order chi connectivity index (χ1) is 17.3. The Labute approximate surface area is 208 Å². The summed E-state index contributed by atoms with van der Waals surface area (Å²) in [7, 11) is 1.67. The summed E-state index contributed by atoms with van der Waals surface area (Å²) in [6.07, 6.45) is 3.18. The molecule has 2 N–H and O–H groups in total. The monoisotopic (exact) mass is 510 g/mol. The minimum absolute atomic E-state index is 0.155. The van der Waals surface area contributed by atoms with Crippen molar-refractivity contribution in [3.63, 3.8) is 0 Å². The standard InChI is InChI=1S/C24H20F2N6O3S/c1-32-11-8-24(34,21(32)33)15-5-2-4-14(12-15)20-29-18(13-36-20)16-7-10-28-23(30-16)31-17-6-3-9-27-19(17)35-22(25)26/h2-7,9-10,12-13,22,34H,8,11H2,1H3,(H,28,30,31). The largest absolute Gasteiger partial charge is 0.415 e. The highest BCUT2D eigenvalue weighted by Crippen LogP contribution is 2.36. The molecule has 0 aliphatic carbocycles. The van der Waals surface area contributed by atoms with E-state index in [1.165, 1.54) is 34.7 Å². The molecule has 1 fully saturated rings. The Morgan fingerprint density at radius 2 is 2.00 bits per heavy atom. The van der Waals surface area contributed by atoms with Crippen LogP contribution in [0, 0.1) is 0 Å². The van der Waals surface area contributed by atoms with Gasteiger partial charge in [-0.2, -0.15) is 8.78 Å². The van der Waals surface area contributed by atoms with Crippen molar-refractivity contribution in [1.29, 1.82) is 0 Å². The van der Waals surface area contributed by atoms with E-state index in [4.69, 9.17) is 0 Å². The lowest BCUT2D eigenvalue weighted by molar-refractivity contribution is -0.143. The van der Waals surface area contributed by atoms with E-state index in [2.05, 4.69) is 30.0 Å². The zero-order chi connectivity index (χ0) is 25.3. The highest BCUT2D eigenvalue weighted by Gasteiger charge is 2.45. The summed E-state index contributed by atoms with van der Waals surface area (Å²) in [5, 5.41) is 16.3. The normalized spacial score (nSPS) is 17.6. The van der Waals surface area contributed by atoms with Crippen LogP contribution in [0.25, 0.3) is 22.0 Å². The van der Waals surface area contributed by atoms with E-state index in [0.29, 0.717) is 34.9 Å². The van der Waals surface area contributed by atoms with Gasteiger partial charge in [-0.1, -0.05) is 18.2 Å². The maximum Gasteiger partial charge on any atom is 0.388 e. The maximum absolute atomic E-state index is 12.7. The molecular formula is C24H20F2N6O3S. The molecule has 1 aliphatic rings. The topological polar surface area (TPSA) is 113 Å². The fourth-order valence-electron chi connectivity index (χ4n) is 3.90. The second kappa shape index (κ2) is 9.55. The van der Waals surface area contributed by atoms with Gasteiger partial charge in [0.2, 0.25) is 11.8 Å². The van der Waals surface area contributed by atoms with Gasteiger partial charge in [0, 0.05) is 43.4 Å². The quantitative estimate of drug-likeness (QED) is 0.383. The Kier molecular flexibility index (Phi) is 6.29. The second-order valence-corrected chi connectivity index (χ2v) is 8.94. The van der Waals surface area contributed by atoms with Crippen molar-refractivity contribution in [1.82, 2.24) is 24.8 Å². The molecule has 1 atom stereocenters. The molecule has 1 saturated heterocycles. The van der Waals surface area contributed by atoms with Gasteiger partial charge < -0.3 is 20.1 Å². The van der Waals surface area contributed by atoms with Gasteiger partial charge in [-0.25, -0.2) is 19.9 Å². The van der Waals surface area contributed by atoms with Crippen LogP contribution in [0.5, 0.6) is 5.88 Å². The van der Waals surface area contributed by atoms with Gasteiger partial charge in [0.1, 0.15) is 16.4 Å². The maximum atomic E-state index is 12.7. The van der Waals surface area contributed by atoms with Crippen LogP contribution in [-0.4, -0.2) is 56.1 Å². The van der Waals surface area contributed by atoms with E-state index < -0.39 is 12.2 Å². The lowest BCUT2D eigenvalue weighted by Crippen LogP contribution is -2.36. The van der Waals surface area contributed by atoms with Crippen molar-refractivity contribution in [2.45, 2.75) is 18.6 Å². The summed E-state index contributed by atoms with van der Waals surface area (Å²) < 4.78 is 29.8. The number of hydrogen-bond donors (Lipinski definition) is 2. The van der Waals surface area contributed by atoms with Crippen LogP contribution in [0.15, 0.2) is 60.2 Å². The van der Waals surface area contributed by atoms with Crippen LogP contribution in [0.2, 0.25) is 0 Å². The number of thiazole rings is 1. The molecule has 9 nitrogen and oxygen atoms in total. The molecule has 5 rings (SSSR count). The molecule has 1 aromatic carbocycles. The van der Waals surface area contributed by atoms with Crippen LogP contribution < -0.4 is 10.1 Å². The average molecular weight is 511 g/mol. The zero-order valence-electron chi connectivity index (χ0n) is 18.9. The SMILES string of the molecule is CN1CCC(O)(c2cccc(-c3nc(-c4ccnc(Nc5cccnc5OC(F)F)n4)cs3)c2)C1=O. The number of hydrogen-bond acceptors (Lipinski definition) is 9. The highest BCUT2D eigenvalue weighted by molar-refractivity contribution is 7.13. The summed E-state index contributed by atoms with van der Waals surface area (Å²) in [6.45, 7) is -2.53. The second-order valence-electron chi connectivity index (χ2n) is 8.08. The zero-order valence-corrected chi connectivity index (χ0v) is 19.7. The number of pyridine rings is 1. The van der Waals surface area contributed by atoms with Gasteiger partial charge in [0.15, 0.2) is 5.60 Å². The Morgan fingerprint density at radius 1 is 1.14 bits per heavy atom. The minimum Gasteiger partial charge on any atom is -0.415 e. The van der Waals surface area contributed by atoms with Crippen LogP contribution in [0.4, 0.5) is 20.4 Å². The lowest BCUT2D eigenvalue weighted by atomic mass is 9.91. The van der Waals surface area contributed by atoms with Crippen LogP contribution in [0.3, 0.4) is 0 Å². The fraction of sp³-hybridized carbons (Fsp3) is 0.208. The summed E-state index contributed by atoms with van der Waals surface area (Å²) in [6, 6.07) is 11.9. The summed E-state index contributed by atoms with van der Waals surface area (Å²) in [5.41, 5.74) is 1.02. The number of halogens is 2. The number of likely N-dealkylation sites (tertiary alicyclic amines) is 1. The van der Waals surface area contributed by atoms with Crippen molar-refractivity contribution in [2.24, 2.45) is 0 Å². The van der Waals surface area contributed by atoms with E-state index in [0.717, 1.165) is 5.56 Å². The molecular weight excluding hydrogens is 490 g/mol. The van der Waals surface area contributed by atoms with Gasteiger partial charge in [0.25, 0.3) is 5.91 Å². The molecule has 184 valence electrons. The molecule has 0 bridgehead atoms. The number of alkyl halides is 2. The predicted molar refractivity (Wildman–Crippen MR) is 129 cm³/mol. The van der Waals surface area contributed by atoms with Crippen LogP contribution in [-0.2, 0) is 10.4 Å². The number of rotatable bonds is 7. The molecule has 1 unspecified atom stereocenters. The molecule has 36 heavy (non-hydrogen) atoms. The number of amides is 1. The van der Waals surface area contributed by atoms with E-state index in [1.54, 1.807) is 37.4 Å². The molecule has 1 amide bonds. The number of likely N-dealkylation sites (N-methyl/N-ethyl adjacent to an activating group) is 1. The first kappa shape index (κ1) is 23.7. The third-order valence-electron chi connectivity index (χ3n) is 5.74. The van der Waals surface area contributed by atoms with Crippen molar-refractivity contribution >= 4 is 28.9 Å². The third kappa shape index (κ3) is 4.60. The van der Waals surface area contributed by atoms with Crippen LogP contribution >= 0.6 is 11.3 Å². The van der Waals surface area contributed by atoms with Gasteiger partial charge >= 0.3 is 6.61 Å². The third-order valence-corrected chi connectivity index (χ3v) is 6.63. The molecule has 0 saturated carbocycles. The van der Waals surface area contributed by atoms with E-state index in [-0.39, 0.29) is 23.4 Å². The molecule has 0 spiro atoms. The minimum atomic E-state index is -3.02. The number of anilines is 2. The Bertz CT molecular complexity index is 1420. The van der Waals surface area contributed by atoms with Crippen molar-refractivity contribution in [2.75, 3.05) is 18.9 Å². The van der Waals surface area contributed by atoms with E-state index >= 15 is 0 Å². The molecule has 0 radical (unpaired) electrons. The Balaban J connectivity index is 1.39. The first-order valence-electron chi connectivity index (χ1n) is 10.9. The molecule has 4 aromatic rings. The molecule has 4 heterocycles. The summed E-state index contributed by atoms with van der Waals surface area (Å²) >= 11 is 1.39. The number of nitrogens with one attached hydrogen (secondary N) is 1. The Morgan fingerprint density at radius 3 is 2.78 bits per heavy atom. The van der Waals surface area contributed by atoms with Gasteiger partial charge in [-0.15, -0.1) is 11.3 Å². The summed E-state index contributed by atoms with van der Waals surface area (Å²) in [5.74, 6) is -0.440. The number of ether oxygens (including phenoxy) is 1. The van der Waals surface area contributed by atoms with Gasteiger partial charge in [-0.3, -0.25) is 4.79 Å². The highest BCUT2D eigenvalue weighted by atomic mass is 32.1. The number of carbonyl (C=O) groups is 1. The molecule has 1 aliphatic heterocycles. The predicted octanol–water partition coefficient (Wildman–Crippen LogP) is 4.06. The van der Waals surface area contributed by atoms with Crippen molar-refractivity contribution < 1.29 is 23.4 Å². The number of carbonyl (C=O) groups excluding carboxylic acids is 1. The van der Waals surface area contributed by atoms with Crippen molar-refractivity contribution in [3.8, 4) is 27.8 Å². The average Bonchev–Trinajstić information content (AvgIpc) is 3.47. The van der Waals surface area contributed by atoms with E-state index in [9.17, 15) is 18.7 Å². The number of aromatic nitrogens is 4. The van der Waals surface area contributed by atoms with Crippen molar-refractivity contribution in [3.05, 3.63) is 65.8 Å². The molecule has 3 aromatic heterocycles. The van der Waals surface area contributed by atoms with E-state index in [1.807, 2.05) is 11.4 Å². The number of nitrogens with zero attached hydrogens (tertiary/aromatic N) is 5. The smallest absolute Gasteiger partial charge is 0.388 e. The molecule has 12 heteroatoms.